The first-order chi connectivity index (χ1) is 21.3. The zero-order valence-electron chi connectivity index (χ0n) is 29.1. The van der Waals surface area contributed by atoms with E-state index >= 15 is 0 Å². The molecule has 6 aromatic heterocycles. The third-order valence-electron chi connectivity index (χ3n) is 5.90. The number of imidazole rings is 3. The molecule has 0 atom stereocenters. The van der Waals surface area contributed by atoms with Crippen molar-refractivity contribution in [2.24, 2.45) is 21.1 Å². The monoisotopic (exact) mass is 631 g/mol. The lowest BCUT2D eigenvalue weighted by atomic mass is 10.1. The first-order valence-electron chi connectivity index (χ1n) is 14.9. The van der Waals surface area contributed by atoms with Gasteiger partial charge in [0, 0.05) is 26.7 Å². The lowest BCUT2D eigenvalue weighted by Crippen LogP contribution is -2.26. The highest BCUT2D eigenvalue weighted by Gasteiger charge is 2.19. The van der Waals surface area contributed by atoms with Crippen LogP contribution in [0.2, 0.25) is 0 Å². The minimum Gasteiger partial charge on any atom is -0.470 e. The van der Waals surface area contributed by atoms with Gasteiger partial charge in [-0.2, -0.15) is 9.97 Å². The summed E-state index contributed by atoms with van der Waals surface area (Å²) in [5.74, 6) is 2.56. The molecule has 246 valence electrons. The maximum absolute atomic E-state index is 5.78. The molecule has 0 spiro atoms. The van der Waals surface area contributed by atoms with Crippen LogP contribution in [0.25, 0.3) is 33.5 Å². The van der Waals surface area contributed by atoms with E-state index in [9.17, 15) is 0 Å². The van der Waals surface area contributed by atoms with Crippen molar-refractivity contribution in [1.82, 2.24) is 58.6 Å². The summed E-state index contributed by atoms with van der Waals surface area (Å²) in [6.45, 7) is 20.0. The highest BCUT2D eigenvalue weighted by Crippen LogP contribution is 2.25. The summed E-state index contributed by atoms with van der Waals surface area (Å²) in [5, 5.41) is 3.31. The van der Waals surface area contributed by atoms with Crippen molar-refractivity contribution < 1.29 is 9.47 Å². The molecule has 6 rings (SSSR count). The van der Waals surface area contributed by atoms with Crippen molar-refractivity contribution in [3.8, 4) is 11.8 Å². The van der Waals surface area contributed by atoms with Crippen LogP contribution in [0.3, 0.4) is 0 Å². The molecule has 0 saturated carbocycles. The van der Waals surface area contributed by atoms with Crippen LogP contribution in [-0.4, -0.2) is 75.3 Å². The van der Waals surface area contributed by atoms with Crippen LogP contribution in [0.4, 0.5) is 5.82 Å². The number of aromatic nitrogens is 12. The number of nitrogens with one attached hydrogen (secondary N) is 1. The number of anilines is 1. The summed E-state index contributed by atoms with van der Waals surface area (Å²) in [6, 6.07) is 0. The second-order valence-corrected chi connectivity index (χ2v) is 13.9. The van der Waals surface area contributed by atoms with Crippen LogP contribution in [0.5, 0.6) is 11.8 Å². The second-order valence-electron chi connectivity index (χ2n) is 13.9. The molecular weight excluding hydrogens is 586 g/mol. The topological polar surface area (TPSA) is 161 Å². The molecule has 0 unspecified atom stereocenters. The van der Waals surface area contributed by atoms with Gasteiger partial charge in [0.25, 0.3) is 0 Å². The molecule has 0 amide bonds. The number of aryl methyl sites for hydroxylation is 4. The van der Waals surface area contributed by atoms with E-state index in [0.717, 1.165) is 28.3 Å². The maximum Gasteiger partial charge on any atom is 0.246 e. The number of rotatable bonds is 3. The first-order valence-corrected chi connectivity index (χ1v) is 14.9. The highest BCUT2D eigenvalue weighted by atomic mass is 16.5. The van der Waals surface area contributed by atoms with Crippen LogP contribution >= 0.6 is 0 Å². The van der Waals surface area contributed by atoms with Gasteiger partial charge in [0.2, 0.25) is 11.8 Å². The Hall–Kier alpha value is -4.95. The molecule has 0 fully saturated rings. The van der Waals surface area contributed by atoms with E-state index in [1.54, 1.807) is 25.3 Å². The van der Waals surface area contributed by atoms with Gasteiger partial charge in [0.1, 0.15) is 35.2 Å². The lowest BCUT2D eigenvalue weighted by molar-refractivity contribution is 0.125. The molecule has 1 N–H and O–H groups in total. The Bertz CT molecular complexity index is 1840. The van der Waals surface area contributed by atoms with Gasteiger partial charge in [-0.25, -0.2) is 34.9 Å². The maximum atomic E-state index is 5.78. The van der Waals surface area contributed by atoms with Crippen molar-refractivity contribution in [3.63, 3.8) is 0 Å². The summed E-state index contributed by atoms with van der Waals surface area (Å²) in [5.41, 5.74) is 4.06. The van der Waals surface area contributed by atoms with E-state index in [1.807, 2.05) is 83.3 Å². The minimum absolute atomic E-state index is 0.0290. The third kappa shape index (κ3) is 8.61. The molecule has 0 aliphatic heterocycles. The van der Waals surface area contributed by atoms with Crippen molar-refractivity contribution in [1.29, 1.82) is 0 Å². The van der Waals surface area contributed by atoms with Crippen molar-refractivity contribution in [3.05, 3.63) is 37.5 Å². The zero-order valence-corrected chi connectivity index (χ0v) is 29.1. The normalized spacial score (nSPS) is 12.0. The van der Waals surface area contributed by atoms with Gasteiger partial charge < -0.3 is 28.5 Å². The minimum atomic E-state index is -0.286. The Labute approximate surface area is 268 Å². The summed E-state index contributed by atoms with van der Waals surface area (Å²) < 4.78 is 17.1. The third-order valence-corrected chi connectivity index (χ3v) is 5.90. The average molecular weight is 632 g/mol. The van der Waals surface area contributed by atoms with Gasteiger partial charge in [0.15, 0.2) is 33.8 Å². The average Bonchev–Trinajstić information content (AvgIpc) is 3.61. The van der Waals surface area contributed by atoms with Crippen LogP contribution in [-0.2, 0) is 21.1 Å². The van der Waals surface area contributed by atoms with Gasteiger partial charge in [-0.15, -0.1) is 0 Å². The van der Waals surface area contributed by atoms with E-state index < -0.39 is 0 Å². The SMILES string of the molecule is Cc1nc(OC(C)(C)C)c2ncn(C)c2n1.Cn1cnc2c(NC(C)(C)C)ncnc21.Cn1cnc2c(OC(C)(C)C)ncnc21. The van der Waals surface area contributed by atoms with Crippen LogP contribution < -0.4 is 14.8 Å². The van der Waals surface area contributed by atoms with Crippen LogP contribution in [0.15, 0.2) is 31.6 Å². The van der Waals surface area contributed by atoms with Crippen molar-refractivity contribution >= 4 is 39.3 Å². The molecule has 15 heteroatoms. The van der Waals surface area contributed by atoms with E-state index in [4.69, 9.17) is 9.47 Å². The summed E-state index contributed by atoms with van der Waals surface area (Å²) >= 11 is 0. The molecule has 0 saturated heterocycles. The largest absolute Gasteiger partial charge is 0.470 e. The van der Waals surface area contributed by atoms with Gasteiger partial charge in [-0.3, -0.25) is 0 Å². The molecule has 6 aromatic rings. The van der Waals surface area contributed by atoms with Crippen LogP contribution in [0, 0.1) is 6.92 Å². The molecule has 6 heterocycles. The second kappa shape index (κ2) is 12.8. The van der Waals surface area contributed by atoms with Crippen LogP contribution in [0.1, 0.15) is 68.1 Å². The number of hydrogen-bond donors (Lipinski definition) is 1. The molecule has 15 nitrogen and oxygen atoms in total. The Morgan fingerprint density at radius 2 is 1.00 bits per heavy atom. The Kier molecular flexibility index (Phi) is 9.45. The predicted octanol–water partition coefficient (Wildman–Crippen LogP) is 4.96. The quantitative estimate of drug-likeness (QED) is 0.280. The highest BCUT2D eigenvalue weighted by molar-refractivity contribution is 5.82. The van der Waals surface area contributed by atoms with Gasteiger partial charge in [-0.05, 0) is 69.2 Å². The number of nitrogens with zero attached hydrogens (tertiary/aromatic N) is 12. The van der Waals surface area contributed by atoms with Gasteiger partial charge in [0.05, 0.1) is 19.0 Å². The summed E-state index contributed by atoms with van der Waals surface area (Å²) in [6.07, 6.45) is 8.21. The fourth-order valence-corrected chi connectivity index (χ4v) is 4.13. The molecule has 46 heavy (non-hydrogen) atoms. The number of ether oxygens (including phenoxy) is 2. The Morgan fingerprint density at radius 3 is 1.54 bits per heavy atom. The van der Waals surface area contributed by atoms with Gasteiger partial charge in [-0.1, -0.05) is 0 Å². The fraction of sp³-hybridized carbons (Fsp3) is 0.516. The fourth-order valence-electron chi connectivity index (χ4n) is 4.13. The van der Waals surface area contributed by atoms with E-state index in [1.165, 1.54) is 6.33 Å². The molecular formula is C31H45N13O2. The smallest absolute Gasteiger partial charge is 0.246 e. The Balaban J connectivity index is 0.000000157. The molecule has 0 aliphatic carbocycles. The van der Waals surface area contributed by atoms with E-state index in [2.05, 4.69) is 70.9 Å². The molecule has 0 aliphatic rings. The Morgan fingerprint density at radius 1 is 0.543 bits per heavy atom. The van der Waals surface area contributed by atoms with E-state index in [-0.39, 0.29) is 16.7 Å². The zero-order chi connectivity index (χ0) is 34.0. The summed E-state index contributed by atoms with van der Waals surface area (Å²) in [7, 11) is 5.72. The molecule has 0 bridgehead atoms. The van der Waals surface area contributed by atoms with Crippen molar-refractivity contribution in [2.75, 3.05) is 5.32 Å². The first kappa shape index (κ1) is 33.9. The lowest BCUT2D eigenvalue weighted by Gasteiger charge is -2.21. The molecule has 0 radical (unpaired) electrons. The summed E-state index contributed by atoms with van der Waals surface area (Å²) in [4.78, 5) is 38.0. The predicted molar refractivity (Wildman–Crippen MR) is 178 cm³/mol. The molecule has 0 aromatic carbocycles. The van der Waals surface area contributed by atoms with Crippen molar-refractivity contribution in [2.45, 2.75) is 86.0 Å². The number of fused-ring (bicyclic) bond motifs is 3. The van der Waals surface area contributed by atoms with Gasteiger partial charge >= 0.3 is 0 Å². The standard InChI is InChI=1S/C11H16N4O.C10H15N5.C10H14N4O/c1-7-13-9-8(12-6-15(9)5)10(14-7)16-11(2,3)4;1-10(2,3)14-8-7-9(12-5-11-8)15(4)6-13-7;1-10(2,3)15-9-7-8(11-5-12-9)14(4)6-13-7/h6H,1-5H3;5-6H,1-4H3,(H,11,12,14);5-6H,1-4H3. The van der Waals surface area contributed by atoms with E-state index in [0.29, 0.717) is 28.6 Å². The number of hydrogen-bond acceptors (Lipinski definition) is 12.